The molecule has 0 aliphatic heterocycles. The second kappa shape index (κ2) is 6.37. The van der Waals surface area contributed by atoms with E-state index >= 15 is 0 Å². The summed E-state index contributed by atoms with van der Waals surface area (Å²) in [6.07, 6.45) is -4.02. The van der Waals surface area contributed by atoms with Crippen LogP contribution in [0.15, 0.2) is 30.5 Å². The maximum Gasteiger partial charge on any atom is 0.455 e. The standard InChI is InChI=1S/C13H11ClF3N5O/c1-21(2)7-10(11(23)13(15,16)17)12-18-19-20-22(12)9-5-3-8(14)4-6-9/h3-7H,1-2H3/b10-7+. The normalized spacial score (nSPS) is 12.3. The average Bonchev–Trinajstić information content (AvgIpc) is 2.92. The molecule has 0 fully saturated rings. The van der Waals surface area contributed by atoms with Crippen molar-refractivity contribution in [2.75, 3.05) is 14.1 Å². The number of Topliss-reactive ketones (excluding diaryl/α,β-unsaturated/α-hetero) is 1. The predicted molar refractivity (Wildman–Crippen MR) is 76.9 cm³/mol. The van der Waals surface area contributed by atoms with E-state index in [1.807, 2.05) is 0 Å². The molecule has 0 N–H and O–H groups in total. The first kappa shape index (κ1) is 16.9. The van der Waals surface area contributed by atoms with Crippen LogP contribution in [0.5, 0.6) is 0 Å². The van der Waals surface area contributed by atoms with Gasteiger partial charge >= 0.3 is 6.18 Å². The highest BCUT2D eigenvalue weighted by Crippen LogP contribution is 2.27. The van der Waals surface area contributed by atoms with Crippen LogP contribution >= 0.6 is 11.6 Å². The number of hydrogen-bond acceptors (Lipinski definition) is 5. The molecule has 0 aliphatic carbocycles. The van der Waals surface area contributed by atoms with Gasteiger partial charge in [0.15, 0.2) is 5.82 Å². The Hall–Kier alpha value is -2.42. The second-order valence-corrected chi connectivity index (χ2v) is 5.16. The Morgan fingerprint density at radius 1 is 1.26 bits per heavy atom. The Labute approximate surface area is 134 Å². The Kier molecular flexibility index (Phi) is 4.69. The molecule has 0 bridgehead atoms. The van der Waals surface area contributed by atoms with Crippen LogP contribution < -0.4 is 0 Å². The third-order valence-corrected chi connectivity index (χ3v) is 2.92. The molecule has 6 nitrogen and oxygen atoms in total. The molecule has 122 valence electrons. The van der Waals surface area contributed by atoms with Gasteiger partial charge in [-0.25, -0.2) is 0 Å². The van der Waals surface area contributed by atoms with E-state index in [9.17, 15) is 18.0 Å². The first-order valence-electron chi connectivity index (χ1n) is 6.24. The van der Waals surface area contributed by atoms with E-state index in [-0.39, 0.29) is 5.82 Å². The number of carbonyl (C=O) groups excluding carboxylic acids is 1. The maximum absolute atomic E-state index is 12.8. The van der Waals surface area contributed by atoms with Crippen molar-refractivity contribution in [1.82, 2.24) is 25.1 Å². The van der Waals surface area contributed by atoms with Gasteiger partial charge in [0.1, 0.15) is 0 Å². The van der Waals surface area contributed by atoms with Crippen LogP contribution in [0.4, 0.5) is 13.2 Å². The SMILES string of the molecule is CN(C)/C=C(\C(=O)C(F)(F)F)c1nnnn1-c1ccc(Cl)cc1. The molecular weight excluding hydrogens is 335 g/mol. The van der Waals surface area contributed by atoms with Gasteiger partial charge in [0.25, 0.3) is 5.78 Å². The lowest BCUT2D eigenvalue weighted by molar-refractivity contribution is -0.164. The molecule has 1 aromatic carbocycles. The van der Waals surface area contributed by atoms with E-state index in [1.165, 1.54) is 43.3 Å². The summed E-state index contributed by atoms with van der Waals surface area (Å²) in [5, 5.41) is 11.0. The van der Waals surface area contributed by atoms with Crippen LogP contribution in [0.2, 0.25) is 5.02 Å². The minimum absolute atomic E-state index is 0.316. The average molecular weight is 346 g/mol. The lowest BCUT2D eigenvalue weighted by atomic mass is 10.1. The molecule has 0 aliphatic rings. The Morgan fingerprint density at radius 3 is 2.39 bits per heavy atom. The summed E-state index contributed by atoms with van der Waals surface area (Å²) < 4.78 is 39.5. The number of halogens is 4. The quantitative estimate of drug-likeness (QED) is 0.796. The summed E-state index contributed by atoms with van der Waals surface area (Å²) in [4.78, 5) is 13.0. The molecule has 1 heterocycles. The van der Waals surface area contributed by atoms with Crippen LogP contribution in [-0.2, 0) is 4.79 Å². The van der Waals surface area contributed by atoms with Crippen molar-refractivity contribution >= 4 is 23.0 Å². The molecule has 2 aromatic rings. The fraction of sp³-hybridized carbons (Fsp3) is 0.231. The molecule has 0 radical (unpaired) electrons. The lowest BCUT2D eigenvalue weighted by Gasteiger charge is -2.13. The minimum Gasteiger partial charge on any atom is -0.383 e. The fourth-order valence-corrected chi connectivity index (χ4v) is 1.87. The number of tetrazole rings is 1. The summed E-state index contributed by atoms with van der Waals surface area (Å²) in [5.41, 5.74) is -0.295. The van der Waals surface area contributed by atoms with Crippen LogP contribution in [-0.4, -0.2) is 51.2 Å². The highest BCUT2D eigenvalue weighted by atomic mass is 35.5. The van der Waals surface area contributed by atoms with Gasteiger partial charge in [0.05, 0.1) is 11.3 Å². The lowest BCUT2D eigenvalue weighted by Crippen LogP contribution is -2.26. The molecule has 0 atom stereocenters. The highest BCUT2D eigenvalue weighted by molar-refractivity contribution is 6.30. The number of ketones is 1. The summed E-state index contributed by atoms with van der Waals surface area (Å²) in [6.45, 7) is 0. The number of benzene rings is 1. The van der Waals surface area contributed by atoms with Gasteiger partial charge in [-0.05, 0) is 34.7 Å². The van der Waals surface area contributed by atoms with E-state index in [0.29, 0.717) is 10.7 Å². The number of hydrogen-bond donors (Lipinski definition) is 0. The molecule has 0 saturated heterocycles. The van der Waals surface area contributed by atoms with E-state index in [2.05, 4.69) is 15.5 Å². The zero-order chi connectivity index (χ0) is 17.2. The number of carbonyl (C=O) groups is 1. The van der Waals surface area contributed by atoms with Crippen molar-refractivity contribution < 1.29 is 18.0 Å². The van der Waals surface area contributed by atoms with Gasteiger partial charge in [-0.3, -0.25) is 4.79 Å². The van der Waals surface area contributed by atoms with Crippen LogP contribution in [0.3, 0.4) is 0 Å². The van der Waals surface area contributed by atoms with E-state index < -0.39 is 17.5 Å². The molecule has 0 spiro atoms. The minimum atomic E-state index is -5.04. The Balaban J connectivity index is 2.56. The van der Waals surface area contributed by atoms with Gasteiger partial charge in [-0.1, -0.05) is 11.6 Å². The Bertz CT molecular complexity index is 737. The number of alkyl halides is 3. The van der Waals surface area contributed by atoms with Crippen molar-refractivity contribution in [3.63, 3.8) is 0 Å². The molecule has 0 amide bonds. The smallest absolute Gasteiger partial charge is 0.383 e. The molecule has 1 aromatic heterocycles. The monoisotopic (exact) mass is 345 g/mol. The Morgan fingerprint density at radius 2 is 1.87 bits per heavy atom. The van der Waals surface area contributed by atoms with Crippen LogP contribution in [0.1, 0.15) is 5.82 Å². The topological polar surface area (TPSA) is 63.9 Å². The van der Waals surface area contributed by atoms with Gasteiger partial charge in [0, 0.05) is 25.3 Å². The van der Waals surface area contributed by atoms with Crippen LogP contribution in [0.25, 0.3) is 11.3 Å². The molecule has 0 saturated carbocycles. The largest absolute Gasteiger partial charge is 0.455 e. The van der Waals surface area contributed by atoms with Crippen molar-refractivity contribution in [2.24, 2.45) is 0 Å². The fourth-order valence-electron chi connectivity index (χ4n) is 1.74. The van der Waals surface area contributed by atoms with Crippen LogP contribution in [0, 0.1) is 0 Å². The van der Waals surface area contributed by atoms with Gasteiger partial charge in [-0.2, -0.15) is 17.9 Å². The first-order chi connectivity index (χ1) is 10.7. The third kappa shape index (κ3) is 3.86. The van der Waals surface area contributed by atoms with Gasteiger partial charge < -0.3 is 4.90 Å². The van der Waals surface area contributed by atoms with E-state index in [4.69, 9.17) is 11.6 Å². The van der Waals surface area contributed by atoms with Gasteiger partial charge in [0.2, 0.25) is 0 Å². The van der Waals surface area contributed by atoms with Crippen molar-refractivity contribution in [2.45, 2.75) is 6.18 Å². The number of allylic oxidation sites excluding steroid dienone is 1. The zero-order valence-electron chi connectivity index (χ0n) is 12.0. The molecule has 23 heavy (non-hydrogen) atoms. The summed E-state index contributed by atoms with van der Waals surface area (Å²) in [7, 11) is 2.97. The summed E-state index contributed by atoms with van der Waals surface area (Å²) in [5.74, 6) is -2.35. The summed E-state index contributed by atoms with van der Waals surface area (Å²) >= 11 is 5.77. The predicted octanol–water partition coefficient (Wildman–Crippen LogP) is 2.35. The summed E-state index contributed by atoms with van der Waals surface area (Å²) in [6, 6.07) is 6.10. The maximum atomic E-state index is 12.8. The number of nitrogens with zero attached hydrogens (tertiary/aromatic N) is 5. The highest BCUT2D eigenvalue weighted by Gasteiger charge is 2.43. The molecule has 2 rings (SSSR count). The van der Waals surface area contributed by atoms with Crippen molar-refractivity contribution in [3.05, 3.63) is 41.3 Å². The van der Waals surface area contributed by atoms with Crippen molar-refractivity contribution in [3.8, 4) is 5.69 Å². The molecule has 0 unspecified atom stereocenters. The zero-order valence-corrected chi connectivity index (χ0v) is 12.8. The van der Waals surface area contributed by atoms with E-state index in [0.717, 1.165) is 10.9 Å². The second-order valence-electron chi connectivity index (χ2n) is 4.72. The number of aromatic nitrogens is 4. The van der Waals surface area contributed by atoms with Gasteiger partial charge in [-0.15, -0.1) is 5.10 Å². The molecule has 10 heteroatoms. The number of rotatable bonds is 4. The first-order valence-corrected chi connectivity index (χ1v) is 6.62. The van der Waals surface area contributed by atoms with E-state index in [1.54, 1.807) is 0 Å². The van der Waals surface area contributed by atoms with Crippen molar-refractivity contribution in [1.29, 1.82) is 0 Å². The third-order valence-electron chi connectivity index (χ3n) is 2.67. The molecular formula is C13H11ClF3N5O.